The number of hydrogen-bond donors (Lipinski definition) is 2. The molecular formula is C13H17FO3. The van der Waals surface area contributed by atoms with Gasteiger partial charge >= 0.3 is 5.97 Å². The number of halogens is 1. The van der Waals surface area contributed by atoms with Crippen LogP contribution >= 0.6 is 0 Å². The molecule has 0 aromatic heterocycles. The van der Waals surface area contributed by atoms with Crippen molar-refractivity contribution in [2.75, 3.05) is 0 Å². The Morgan fingerprint density at radius 3 is 2.65 bits per heavy atom. The molecule has 1 rings (SSSR count). The van der Waals surface area contributed by atoms with E-state index in [2.05, 4.69) is 0 Å². The number of carboxylic acid groups (broad SMARTS) is 1. The number of carboxylic acids is 1. The van der Waals surface area contributed by atoms with Crippen molar-refractivity contribution in [3.8, 4) is 0 Å². The molecule has 0 aliphatic heterocycles. The first-order valence-corrected chi connectivity index (χ1v) is 5.64. The molecule has 0 spiro atoms. The van der Waals surface area contributed by atoms with Crippen LogP contribution in [0.3, 0.4) is 0 Å². The van der Waals surface area contributed by atoms with Crippen LogP contribution in [0.1, 0.15) is 37.0 Å². The molecule has 0 amide bonds. The fourth-order valence-electron chi connectivity index (χ4n) is 1.87. The van der Waals surface area contributed by atoms with E-state index in [1.165, 1.54) is 12.1 Å². The number of aliphatic carboxylic acids is 1. The van der Waals surface area contributed by atoms with Crippen molar-refractivity contribution in [1.29, 1.82) is 0 Å². The number of benzene rings is 1. The molecule has 1 aromatic rings. The maximum Gasteiger partial charge on any atom is 0.309 e. The maximum atomic E-state index is 13.1. The molecule has 94 valence electrons. The molecule has 2 atom stereocenters. The topological polar surface area (TPSA) is 57.5 Å². The van der Waals surface area contributed by atoms with Crippen LogP contribution in [0, 0.1) is 18.7 Å². The second-order valence-corrected chi connectivity index (χ2v) is 4.18. The third-order valence-corrected chi connectivity index (χ3v) is 2.86. The predicted molar refractivity (Wildman–Crippen MR) is 62.1 cm³/mol. The minimum Gasteiger partial charge on any atom is -0.481 e. The van der Waals surface area contributed by atoms with Crippen LogP contribution in [0.25, 0.3) is 0 Å². The highest BCUT2D eigenvalue weighted by molar-refractivity contribution is 5.71. The Morgan fingerprint density at radius 1 is 1.47 bits per heavy atom. The van der Waals surface area contributed by atoms with Gasteiger partial charge in [-0.05, 0) is 36.6 Å². The van der Waals surface area contributed by atoms with E-state index in [0.717, 1.165) is 0 Å². The first-order chi connectivity index (χ1) is 7.97. The van der Waals surface area contributed by atoms with E-state index in [0.29, 0.717) is 24.0 Å². The lowest BCUT2D eigenvalue weighted by molar-refractivity contribution is -0.146. The molecule has 0 aliphatic carbocycles. The summed E-state index contributed by atoms with van der Waals surface area (Å²) in [6.07, 6.45) is -0.141. The molecule has 4 heteroatoms. The number of aryl methyl sites for hydroxylation is 1. The largest absolute Gasteiger partial charge is 0.481 e. The summed E-state index contributed by atoms with van der Waals surface area (Å²) in [5.41, 5.74) is 1.05. The van der Waals surface area contributed by atoms with Gasteiger partial charge in [0, 0.05) is 0 Å². The second-order valence-electron chi connectivity index (χ2n) is 4.18. The number of aliphatic hydroxyl groups is 1. The number of hydrogen-bond acceptors (Lipinski definition) is 2. The SMILES string of the molecule is CCCC(C(=O)O)C(O)c1cc(F)ccc1C. The Kier molecular flexibility index (Phi) is 4.63. The van der Waals surface area contributed by atoms with Gasteiger partial charge in [-0.25, -0.2) is 4.39 Å². The van der Waals surface area contributed by atoms with Crippen LogP contribution in [-0.4, -0.2) is 16.2 Å². The summed E-state index contributed by atoms with van der Waals surface area (Å²) < 4.78 is 13.1. The maximum absolute atomic E-state index is 13.1. The lowest BCUT2D eigenvalue weighted by Gasteiger charge is -2.20. The molecule has 1 aromatic carbocycles. The van der Waals surface area contributed by atoms with Crippen LogP contribution < -0.4 is 0 Å². The van der Waals surface area contributed by atoms with Gasteiger partial charge in [0.15, 0.2) is 0 Å². The van der Waals surface area contributed by atoms with Gasteiger partial charge in [-0.15, -0.1) is 0 Å². The highest BCUT2D eigenvalue weighted by Crippen LogP contribution is 2.28. The van der Waals surface area contributed by atoms with Gasteiger partial charge in [-0.1, -0.05) is 19.4 Å². The molecule has 0 saturated carbocycles. The van der Waals surface area contributed by atoms with Crippen LogP contribution in [0.2, 0.25) is 0 Å². The zero-order valence-corrected chi connectivity index (χ0v) is 9.98. The van der Waals surface area contributed by atoms with E-state index < -0.39 is 23.8 Å². The lowest BCUT2D eigenvalue weighted by atomic mass is 9.89. The molecule has 2 N–H and O–H groups in total. The average molecular weight is 240 g/mol. The van der Waals surface area contributed by atoms with Crippen molar-refractivity contribution in [2.45, 2.75) is 32.8 Å². The molecule has 0 bridgehead atoms. The van der Waals surface area contributed by atoms with Crippen molar-refractivity contribution < 1.29 is 19.4 Å². The van der Waals surface area contributed by atoms with Crippen LogP contribution in [-0.2, 0) is 4.79 Å². The molecule has 0 saturated heterocycles. The third-order valence-electron chi connectivity index (χ3n) is 2.86. The summed E-state index contributed by atoms with van der Waals surface area (Å²) in [4.78, 5) is 11.0. The number of rotatable bonds is 5. The van der Waals surface area contributed by atoms with Gasteiger partial charge in [-0.2, -0.15) is 0 Å². The Hall–Kier alpha value is -1.42. The van der Waals surface area contributed by atoms with Gasteiger partial charge in [0.2, 0.25) is 0 Å². The first kappa shape index (κ1) is 13.6. The normalized spacial score (nSPS) is 14.4. The fourth-order valence-corrected chi connectivity index (χ4v) is 1.87. The monoisotopic (exact) mass is 240 g/mol. The highest BCUT2D eigenvalue weighted by atomic mass is 19.1. The van der Waals surface area contributed by atoms with Crippen molar-refractivity contribution in [3.63, 3.8) is 0 Å². The van der Waals surface area contributed by atoms with Gasteiger partial charge in [0.05, 0.1) is 12.0 Å². The summed E-state index contributed by atoms with van der Waals surface area (Å²) in [7, 11) is 0. The number of aliphatic hydroxyl groups excluding tert-OH is 1. The molecule has 0 aliphatic rings. The van der Waals surface area contributed by atoms with Crippen molar-refractivity contribution in [2.24, 2.45) is 5.92 Å². The van der Waals surface area contributed by atoms with Crippen LogP contribution in [0.15, 0.2) is 18.2 Å². The molecule has 3 nitrogen and oxygen atoms in total. The van der Waals surface area contributed by atoms with E-state index in [4.69, 9.17) is 5.11 Å². The lowest BCUT2D eigenvalue weighted by Crippen LogP contribution is -2.22. The minimum atomic E-state index is -1.16. The Labute approximate surface area is 99.9 Å². The summed E-state index contributed by atoms with van der Waals surface area (Å²) in [6.45, 7) is 3.57. The predicted octanol–water partition coefficient (Wildman–Crippen LogP) is 2.67. The highest BCUT2D eigenvalue weighted by Gasteiger charge is 2.28. The summed E-state index contributed by atoms with van der Waals surface area (Å²) >= 11 is 0. The molecule has 0 radical (unpaired) electrons. The van der Waals surface area contributed by atoms with Gasteiger partial charge in [-0.3, -0.25) is 4.79 Å². The summed E-state index contributed by atoms with van der Waals surface area (Å²) in [6, 6.07) is 4.03. The number of carbonyl (C=O) groups is 1. The van der Waals surface area contributed by atoms with Crippen LogP contribution in [0.5, 0.6) is 0 Å². The van der Waals surface area contributed by atoms with Crippen molar-refractivity contribution >= 4 is 5.97 Å². The molecule has 0 fully saturated rings. The van der Waals surface area contributed by atoms with Crippen LogP contribution in [0.4, 0.5) is 4.39 Å². The first-order valence-electron chi connectivity index (χ1n) is 5.64. The van der Waals surface area contributed by atoms with Crippen molar-refractivity contribution in [3.05, 3.63) is 35.1 Å². The zero-order chi connectivity index (χ0) is 13.0. The average Bonchev–Trinajstić information content (AvgIpc) is 2.28. The second kappa shape index (κ2) is 5.77. The standard InChI is InChI=1S/C13H17FO3/c1-3-4-10(13(16)17)12(15)11-7-9(14)6-5-8(11)2/h5-7,10,12,15H,3-4H2,1-2H3,(H,16,17). The van der Waals surface area contributed by atoms with E-state index in [1.54, 1.807) is 13.0 Å². The van der Waals surface area contributed by atoms with E-state index in [9.17, 15) is 14.3 Å². The zero-order valence-electron chi connectivity index (χ0n) is 9.98. The van der Waals surface area contributed by atoms with Crippen molar-refractivity contribution in [1.82, 2.24) is 0 Å². The van der Waals surface area contributed by atoms with Gasteiger partial charge in [0.1, 0.15) is 5.82 Å². The molecule has 0 heterocycles. The molecule has 17 heavy (non-hydrogen) atoms. The Bertz CT molecular complexity index is 404. The molecule has 2 unspecified atom stereocenters. The Morgan fingerprint density at radius 2 is 2.12 bits per heavy atom. The van der Waals surface area contributed by atoms with E-state index in [1.807, 2.05) is 6.92 Å². The minimum absolute atomic E-state index is 0.353. The fraction of sp³-hybridized carbons (Fsp3) is 0.462. The summed E-state index contributed by atoms with van der Waals surface area (Å²) in [5, 5.41) is 19.1. The Balaban J connectivity index is 3.04. The van der Waals surface area contributed by atoms with Gasteiger partial charge < -0.3 is 10.2 Å². The van der Waals surface area contributed by atoms with E-state index in [-0.39, 0.29) is 0 Å². The van der Waals surface area contributed by atoms with E-state index >= 15 is 0 Å². The summed E-state index contributed by atoms with van der Waals surface area (Å²) in [5.74, 6) is -2.41. The smallest absolute Gasteiger partial charge is 0.309 e. The molecular weight excluding hydrogens is 223 g/mol. The van der Waals surface area contributed by atoms with Gasteiger partial charge in [0.25, 0.3) is 0 Å². The third kappa shape index (κ3) is 3.27. The quantitative estimate of drug-likeness (QED) is 0.831.